The molecule has 4 N–H and O–H groups in total. The van der Waals surface area contributed by atoms with E-state index in [1.807, 2.05) is 5.32 Å². The number of ether oxygens (including phenoxy) is 1. The molecule has 0 aliphatic carbocycles. The fraction of sp³-hybridized carbons (Fsp3) is 0.778. The molecule has 7 nitrogen and oxygen atoms in total. The fourth-order valence-corrected chi connectivity index (χ4v) is 1.01. The molecule has 2 amide bonds. The predicted octanol–water partition coefficient (Wildman–Crippen LogP) is -0.302. The van der Waals surface area contributed by atoms with Gasteiger partial charge in [-0.2, -0.15) is 13.2 Å². The molecule has 2 unspecified atom stereocenters. The molecule has 0 spiro atoms. The second-order valence-corrected chi connectivity index (χ2v) is 3.62. The number of alkyl halides is 3. The maximum Gasteiger partial charge on any atom is 0.411 e. The number of amides is 2. The minimum absolute atomic E-state index is 0.228. The molecule has 10 heteroatoms. The Labute approximate surface area is 106 Å². The summed E-state index contributed by atoms with van der Waals surface area (Å²) < 4.78 is 39.2. The molecular formula is C9H15F3N2O5. The number of aliphatic hydroxyl groups is 1. The van der Waals surface area contributed by atoms with Gasteiger partial charge in [-0.1, -0.05) is 0 Å². The van der Waals surface area contributed by atoms with Crippen LogP contribution in [0.1, 0.15) is 6.92 Å². The summed E-state index contributed by atoms with van der Waals surface area (Å²) >= 11 is 0. The molecule has 0 aromatic carbocycles. The minimum Gasteiger partial charge on any atom is -0.480 e. The topological polar surface area (TPSA) is 108 Å². The Morgan fingerprint density at radius 3 is 2.37 bits per heavy atom. The highest BCUT2D eigenvalue weighted by molar-refractivity contribution is 5.82. The van der Waals surface area contributed by atoms with Gasteiger partial charge in [0.25, 0.3) is 0 Å². The number of hydrogen-bond donors (Lipinski definition) is 4. The van der Waals surface area contributed by atoms with Crippen molar-refractivity contribution in [3.63, 3.8) is 0 Å². The molecule has 0 saturated carbocycles. The molecule has 0 heterocycles. The first kappa shape index (κ1) is 17.4. The van der Waals surface area contributed by atoms with Crippen LogP contribution in [-0.2, 0) is 9.53 Å². The average Bonchev–Trinajstić information content (AvgIpc) is 2.22. The van der Waals surface area contributed by atoms with Crippen LogP contribution in [0.2, 0.25) is 0 Å². The molecule has 0 fully saturated rings. The molecule has 0 aromatic heterocycles. The molecule has 0 aliphatic heterocycles. The highest BCUT2D eigenvalue weighted by Gasteiger charge is 2.27. The zero-order valence-corrected chi connectivity index (χ0v) is 10.0. The normalized spacial score (nSPS) is 14.6. The van der Waals surface area contributed by atoms with Crippen molar-refractivity contribution in [3.8, 4) is 0 Å². The first-order valence-corrected chi connectivity index (χ1v) is 5.23. The van der Waals surface area contributed by atoms with E-state index in [1.54, 1.807) is 0 Å². The van der Waals surface area contributed by atoms with Crippen molar-refractivity contribution in [1.82, 2.24) is 10.6 Å². The van der Waals surface area contributed by atoms with Crippen molar-refractivity contribution in [3.05, 3.63) is 0 Å². The number of nitrogens with one attached hydrogen (secondary N) is 2. The highest BCUT2D eigenvalue weighted by Crippen LogP contribution is 2.13. The maximum absolute atomic E-state index is 11.7. The van der Waals surface area contributed by atoms with Gasteiger partial charge in [0.15, 0.2) is 6.04 Å². The van der Waals surface area contributed by atoms with Crippen LogP contribution in [0.15, 0.2) is 0 Å². The van der Waals surface area contributed by atoms with Gasteiger partial charge in [-0.15, -0.1) is 0 Å². The van der Waals surface area contributed by atoms with Gasteiger partial charge in [-0.05, 0) is 6.92 Å². The summed E-state index contributed by atoms with van der Waals surface area (Å²) in [6.07, 6.45) is -5.76. The Kier molecular flexibility index (Phi) is 7.16. The van der Waals surface area contributed by atoms with Crippen LogP contribution >= 0.6 is 0 Å². The van der Waals surface area contributed by atoms with Crippen LogP contribution in [0, 0.1) is 0 Å². The summed E-state index contributed by atoms with van der Waals surface area (Å²) in [6, 6.07) is -2.43. The Balaban J connectivity index is 3.84. The van der Waals surface area contributed by atoms with Gasteiger partial charge < -0.3 is 25.6 Å². The van der Waals surface area contributed by atoms with Crippen molar-refractivity contribution in [2.75, 3.05) is 19.8 Å². The monoisotopic (exact) mass is 288 g/mol. The second-order valence-electron chi connectivity index (χ2n) is 3.62. The summed E-state index contributed by atoms with van der Waals surface area (Å²) in [7, 11) is 0. The van der Waals surface area contributed by atoms with Crippen LogP contribution < -0.4 is 10.6 Å². The van der Waals surface area contributed by atoms with E-state index in [1.165, 1.54) is 6.92 Å². The Morgan fingerprint density at radius 1 is 1.37 bits per heavy atom. The van der Waals surface area contributed by atoms with E-state index < -0.39 is 36.9 Å². The number of carboxylic acid groups (broad SMARTS) is 1. The summed E-state index contributed by atoms with van der Waals surface area (Å²) in [5.74, 6) is -1.43. The van der Waals surface area contributed by atoms with Gasteiger partial charge in [0.1, 0.15) is 6.61 Å². The summed E-state index contributed by atoms with van der Waals surface area (Å²) in [5.41, 5.74) is 0. The molecule has 0 aliphatic rings. The van der Waals surface area contributed by atoms with Gasteiger partial charge in [0.05, 0.1) is 12.7 Å². The van der Waals surface area contributed by atoms with Gasteiger partial charge >= 0.3 is 18.2 Å². The number of rotatable bonds is 7. The van der Waals surface area contributed by atoms with Crippen molar-refractivity contribution >= 4 is 12.0 Å². The van der Waals surface area contributed by atoms with E-state index in [9.17, 15) is 22.8 Å². The molecule has 0 bridgehead atoms. The van der Waals surface area contributed by atoms with Crippen molar-refractivity contribution in [1.29, 1.82) is 0 Å². The standard InChI is InChI=1S/C9H15F3N2O5/c1-5(15)6(7(16)17)14-8(18)13-2-3-19-4-9(10,11)12/h5-6,15H,2-4H2,1H3,(H,16,17)(H2,13,14,18). The smallest absolute Gasteiger partial charge is 0.411 e. The van der Waals surface area contributed by atoms with Gasteiger partial charge in [-0.3, -0.25) is 0 Å². The molecule has 19 heavy (non-hydrogen) atoms. The number of carbonyl (C=O) groups excluding carboxylic acids is 1. The maximum atomic E-state index is 11.7. The lowest BCUT2D eigenvalue weighted by Crippen LogP contribution is -2.51. The van der Waals surface area contributed by atoms with E-state index in [-0.39, 0.29) is 13.2 Å². The van der Waals surface area contributed by atoms with Gasteiger partial charge in [-0.25, -0.2) is 9.59 Å². The van der Waals surface area contributed by atoms with Crippen LogP contribution in [-0.4, -0.2) is 60.3 Å². The summed E-state index contributed by atoms with van der Waals surface area (Å²) in [6.45, 7) is -0.860. The van der Waals surface area contributed by atoms with Crippen LogP contribution in [0.25, 0.3) is 0 Å². The number of aliphatic carboxylic acids is 1. The van der Waals surface area contributed by atoms with E-state index >= 15 is 0 Å². The third-order valence-electron chi connectivity index (χ3n) is 1.83. The molecule has 0 rings (SSSR count). The molecule has 2 atom stereocenters. The molecule has 0 aromatic rings. The fourth-order valence-electron chi connectivity index (χ4n) is 1.01. The molecular weight excluding hydrogens is 273 g/mol. The largest absolute Gasteiger partial charge is 0.480 e. The lowest BCUT2D eigenvalue weighted by Gasteiger charge is -2.17. The Hall–Kier alpha value is -1.55. The van der Waals surface area contributed by atoms with E-state index in [4.69, 9.17) is 10.2 Å². The van der Waals surface area contributed by atoms with E-state index in [0.29, 0.717) is 0 Å². The minimum atomic E-state index is -4.44. The number of hydrogen-bond acceptors (Lipinski definition) is 4. The first-order valence-electron chi connectivity index (χ1n) is 5.23. The second kappa shape index (κ2) is 7.79. The number of halogens is 3. The molecule has 112 valence electrons. The van der Waals surface area contributed by atoms with Crippen LogP contribution in [0.3, 0.4) is 0 Å². The summed E-state index contributed by atoms with van der Waals surface area (Å²) in [5, 5.41) is 21.7. The highest BCUT2D eigenvalue weighted by atomic mass is 19.4. The number of urea groups is 1. The Bertz CT molecular complexity index is 309. The number of aliphatic hydroxyl groups excluding tert-OH is 1. The average molecular weight is 288 g/mol. The first-order chi connectivity index (χ1) is 8.63. The lowest BCUT2D eigenvalue weighted by atomic mass is 10.2. The zero-order chi connectivity index (χ0) is 15.1. The Morgan fingerprint density at radius 2 is 1.95 bits per heavy atom. The molecule has 0 radical (unpaired) electrons. The zero-order valence-electron chi connectivity index (χ0n) is 10.0. The van der Waals surface area contributed by atoms with E-state index in [0.717, 1.165) is 0 Å². The lowest BCUT2D eigenvalue weighted by molar-refractivity contribution is -0.173. The van der Waals surface area contributed by atoms with E-state index in [2.05, 4.69) is 10.1 Å². The van der Waals surface area contributed by atoms with Gasteiger partial charge in [0, 0.05) is 6.54 Å². The predicted molar refractivity (Wildman–Crippen MR) is 56.5 cm³/mol. The number of carboxylic acids is 1. The summed E-state index contributed by atoms with van der Waals surface area (Å²) in [4.78, 5) is 21.8. The third-order valence-corrected chi connectivity index (χ3v) is 1.83. The molecule has 0 saturated heterocycles. The SMILES string of the molecule is CC(O)C(NC(=O)NCCOCC(F)(F)F)C(=O)O. The van der Waals surface area contributed by atoms with Crippen molar-refractivity contribution in [2.24, 2.45) is 0 Å². The quantitative estimate of drug-likeness (QED) is 0.481. The third kappa shape index (κ3) is 9.08. The van der Waals surface area contributed by atoms with Crippen LogP contribution in [0.5, 0.6) is 0 Å². The van der Waals surface area contributed by atoms with Gasteiger partial charge in [0.2, 0.25) is 0 Å². The van der Waals surface area contributed by atoms with Crippen molar-refractivity contribution in [2.45, 2.75) is 25.2 Å². The van der Waals surface area contributed by atoms with Crippen molar-refractivity contribution < 1.29 is 37.7 Å². The number of carbonyl (C=O) groups is 2. The van der Waals surface area contributed by atoms with Crippen LogP contribution in [0.4, 0.5) is 18.0 Å².